The average Bonchev–Trinajstić information content (AvgIpc) is 3.19. The molecule has 0 saturated heterocycles. The number of hydrogen-bond acceptors (Lipinski definition) is 2. The Morgan fingerprint density at radius 3 is 2.38 bits per heavy atom. The Morgan fingerprint density at radius 2 is 1.69 bits per heavy atom. The van der Waals surface area contributed by atoms with Gasteiger partial charge in [-0.3, -0.25) is 0 Å². The fraction of sp³-hybridized carbons (Fsp3) is 0.200. The molecule has 3 rings (SSSR count). The lowest BCUT2D eigenvalue weighted by Gasteiger charge is -2.09. The number of nitrogens with zero attached hydrogens (tertiary/aromatic N) is 2. The van der Waals surface area contributed by atoms with Crippen molar-refractivity contribution < 1.29 is 9.18 Å². The number of benzene rings is 2. The lowest BCUT2D eigenvalue weighted by molar-refractivity contribution is 0.241. The Kier molecular flexibility index (Phi) is 5.98. The molecule has 2 aromatic carbocycles. The maximum atomic E-state index is 13.5. The molecule has 0 saturated carbocycles. The number of halogens is 1. The quantitative estimate of drug-likeness (QED) is 0.686. The SMILES string of the molecule is O=C(NCCc1ccc(-n2cccn2)cc1)NCCc1ccccc1F. The molecule has 0 aliphatic heterocycles. The molecule has 0 atom stereocenters. The van der Waals surface area contributed by atoms with Crippen LogP contribution in [0.3, 0.4) is 0 Å². The van der Waals surface area contributed by atoms with E-state index in [0.717, 1.165) is 17.7 Å². The second-order valence-electron chi connectivity index (χ2n) is 5.89. The zero-order valence-electron chi connectivity index (χ0n) is 14.4. The van der Waals surface area contributed by atoms with Crippen molar-refractivity contribution in [2.24, 2.45) is 0 Å². The van der Waals surface area contributed by atoms with Gasteiger partial charge < -0.3 is 10.6 Å². The molecule has 1 heterocycles. The van der Waals surface area contributed by atoms with Gasteiger partial charge in [-0.25, -0.2) is 13.9 Å². The third-order valence-corrected chi connectivity index (χ3v) is 4.04. The summed E-state index contributed by atoms with van der Waals surface area (Å²) in [5, 5.41) is 9.74. The van der Waals surface area contributed by atoms with E-state index in [-0.39, 0.29) is 11.8 Å². The van der Waals surface area contributed by atoms with Crippen LogP contribution in [0.1, 0.15) is 11.1 Å². The predicted octanol–water partition coefficient (Wildman–Crippen LogP) is 3.10. The summed E-state index contributed by atoms with van der Waals surface area (Å²) in [6.45, 7) is 0.929. The zero-order chi connectivity index (χ0) is 18.2. The van der Waals surface area contributed by atoms with Gasteiger partial charge >= 0.3 is 6.03 Å². The van der Waals surface area contributed by atoms with Crippen LogP contribution in [-0.2, 0) is 12.8 Å². The van der Waals surface area contributed by atoms with Gasteiger partial charge in [0.25, 0.3) is 0 Å². The molecule has 2 N–H and O–H groups in total. The van der Waals surface area contributed by atoms with E-state index in [1.54, 1.807) is 29.1 Å². The summed E-state index contributed by atoms with van der Waals surface area (Å²) in [5.74, 6) is -0.242. The molecule has 0 aliphatic carbocycles. The lowest BCUT2D eigenvalue weighted by atomic mass is 10.1. The highest BCUT2D eigenvalue weighted by molar-refractivity contribution is 5.73. The molecule has 0 unspecified atom stereocenters. The monoisotopic (exact) mass is 352 g/mol. The summed E-state index contributed by atoms with van der Waals surface area (Å²) in [6, 6.07) is 16.3. The maximum Gasteiger partial charge on any atom is 0.314 e. The van der Waals surface area contributed by atoms with E-state index < -0.39 is 0 Å². The Hall–Kier alpha value is -3.15. The third kappa shape index (κ3) is 4.92. The Morgan fingerprint density at radius 1 is 0.962 bits per heavy atom. The minimum atomic E-state index is -0.242. The first-order valence-corrected chi connectivity index (χ1v) is 8.56. The van der Waals surface area contributed by atoms with Gasteiger partial charge in [0.15, 0.2) is 0 Å². The molecule has 3 aromatic rings. The van der Waals surface area contributed by atoms with Crippen molar-refractivity contribution in [1.29, 1.82) is 0 Å². The first-order chi connectivity index (χ1) is 12.7. The van der Waals surface area contributed by atoms with Crippen LogP contribution in [0.4, 0.5) is 9.18 Å². The van der Waals surface area contributed by atoms with E-state index in [0.29, 0.717) is 25.1 Å². The van der Waals surface area contributed by atoms with E-state index in [2.05, 4.69) is 15.7 Å². The molecule has 26 heavy (non-hydrogen) atoms. The van der Waals surface area contributed by atoms with E-state index in [1.807, 2.05) is 36.5 Å². The van der Waals surface area contributed by atoms with Crippen LogP contribution in [0.25, 0.3) is 5.69 Å². The summed E-state index contributed by atoms with van der Waals surface area (Å²) >= 11 is 0. The van der Waals surface area contributed by atoms with Crippen molar-refractivity contribution in [2.45, 2.75) is 12.8 Å². The van der Waals surface area contributed by atoms with Crippen molar-refractivity contribution in [3.05, 3.63) is 83.9 Å². The Labute approximate surface area is 151 Å². The van der Waals surface area contributed by atoms with Crippen LogP contribution < -0.4 is 10.6 Å². The van der Waals surface area contributed by atoms with E-state index >= 15 is 0 Å². The zero-order valence-corrected chi connectivity index (χ0v) is 14.4. The van der Waals surface area contributed by atoms with Gasteiger partial charge in [-0.1, -0.05) is 30.3 Å². The Balaban J connectivity index is 1.36. The second-order valence-corrected chi connectivity index (χ2v) is 5.89. The van der Waals surface area contributed by atoms with Gasteiger partial charge in [0, 0.05) is 25.5 Å². The molecule has 1 aromatic heterocycles. The summed E-state index contributed by atoms with van der Waals surface area (Å²) in [5.41, 5.74) is 2.73. The van der Waals surface area contributed by atoms with Gasteiger partial charge in [0.1, 0.15) is 5.82 Å². The minimum absolute atomic E-state index is 0.241. The standard InChI is InChI=1S/C20H21FN4O/c21-19-5-2-1-4-17(19)11-14-23-20(26)22-13-10-16-6-8-18(9-7-16)25-15-3-12-24-25/h1-9,12,15H,10-11,13-14H2,(H2,22,23,26). The summed E-state index contributed by atoms with van der Waals surface area (Å²) in [7, 11) is 0. The highest BCUT2D eigenvalue weighted by Crippen LogP contribution is 2.09. The maximum absolute atomic E-state index is 13.5. The molecule has 5 nitrogen and oxygen atoms in total. The lowest BCUT2D eigenvalue weighted by Crippen LogP contribution is -2.37. The molecular formula is C20H21FN4O. The molecule has 0 bridgehead atoms. The Bertz CT molecular complexity index is 831. The van der Waals surface area contributed by atoms with Crippen molar-refractivity contribution in [1.82, 2.24) is 20.4 Å². The first kappa shape index (κ1) is 17.7. The topological polar surface area (TPSA) is 59.0 Å². The minimum Gasteiger partial charge on any atom is -0.338 e. The number of hydrogen-bond donors (Lipinski definition) is 2. The van der Waals surface area contributed by atoms with Crippen LogP contribution in [0.2, 0.25) is 0 Å². The number of carbonyl (C=O) groups excluding carboxylic acids is 1. The second kappa shape index (κ2) is 8.80. The van der Waals surface area contributed by atoms with E-state index in [9.17, 15) is 9.18 Å². The van der Waals surface area contributed by atoms with E-state index in [4.69, 9.17) is 0 Å². The predicted molar refractivity (Wildman–Crippen MR) is 98.8 cm³/mol. The highest BCUT2D eigenvalue weighted by atomic mass is 19.1. The largest absolute Gasteiger partial charge is 0.338 e. The van der Waals surface area contributed by atoms with Gasteiger partial charge in [0.05, 0.1) is 5.69 Å². The first-order valence-electron chi connectivity index (χ1n) is 8.56. The van der Waals surface area contributed by atoms with Crippen LogP contribution >= 0.6 is 0 Å². The molecule has 0 spiro atoms. The van der Waals surface area contributed by atoms with E-state index in [1.165, 1.54) is 6.07 Å². The van der Waals surface area contributed by atoms with Crippen LogP contribution in [0, 0.1) is 5.82 Å². The number of nitrogens with one attached hydrogen (secondary N) is 2. The van der Waals surface area contributed by atoms with Gasteiger partial charge in [-0.2, -0.15) is 5.10 Å². The van der Waals surface area contributed by atoms with Crippen molar-refractivity contribution >= 4 is 6.03 Å². The number of amides is 2. The number of rotatable bonds is 7. The number of urea groups is 1. The summed E-state index contributed by atoms with van der Waals surface area (Å²) < 4.78 is 15.3. The smallest absolute Gasteiger partial charge is 0.314 e. The third-order valence-electron chi connectivity index (χ3n) is 4.04. The molecule has 0 aliphatic rings. The molecule has 0 radical (unpaired) electrons. The molecule has 6 heteroatoms. The fourth-order valence-corrected chi connectivity index (χ4v) is 2.63. The average molecular weight is 352 g/mol. The summed E-state index contributed by atoms with van der Waals surface area (Å²) in [6.07, 6.45) is 4.83. The highest BCUT2D eigenvalue weighted by Gasteiger charge is 2.03. The molecule has 0 fully saturated rings. The molecule has 2 amide bonds. The van der Waals surface area contributed by atoms with Crippen molar-refractivity contribution in [3.63, 3.8) is 0 Å². The van der Waals surface area contributed by atoms with Crippen LogP contribution in [0.15, 0.2) is 67.0 Å². The van der Waals surface area contributed by atoms with Crippen molar-refractivity contribution in [2.75, 3.05) is 13.1 Å². The normalized spacial score (nSPS) is 10.5. The van der Waals surface area contributed by atoms with Gasteiger partial charge in [-0.05, 0) is 48.2 Å². The van der Waals surface area contributed by atoms with Crippen molar-refractivity contribution in [3.8, 4) is 5.69 Å². The van der Waals surface area contributed by atoms with Crippen LogP contribution in [-0.4, -0.2) is 28.9 Å². The number of aromatic nitrogens is 2. The van der Waals surface area contributed by atoms with Gasteiger partial charge in [-0.15, -0.1) is 0 Å². The van der Waals surface area contributed by atoms with Gasteiger partial charge in [0.2, 0.25) is 0 Å². The fourth-order valence-electron chi connectivity index (χ4n) is 2.63. The molecular weight excluding hydrogens is 331 g/mol. The van der Waals surface area contributed by atoms with Crippen LogP contribution in [0.5, 0.6) is 0 Å². The summed E-state index contributed by atoms with van der Waals surface area (Å²) in [4.78, 5) is 11.8. The number of carbonyl (C=O) groups is 1. The molecule has 134 valence electrons.